The van der Waals surface area contributed by atoms with E-state index >= 15 is 0 Å². The van der Waals surface area contributed by atoms with Crippen molar-refractivity contribution in [3.63, 3.8) is 0 Å². The van der Waals surface area contributed by atoms with Gasteiger partial charge in [-0.2, -0.15) is 0 Å². The van der Waals surface area contributed by atoms with Crippen LogP contribution in [0.25, 0.3) is 0 Å². The van der Waals surface area contributed by atoms with Gasteiger partial charge < -0.3 is 5.11 Å². The Kier molecular flexibility index (Phi) is 4.20. The molecule has 1 aliphatic heterocycles. The molecule has 0 spiro atoms. The Morgan fingerprint density at radius 3 is 2.89 bits per heavy atom. The predicted octanol–water partition coefficient (Wildman–Crippen LogP) is 3.11. The number of carbonyl (C=O) groups excluding carboxylic acids is 1. The molecule has 1 unspecified atom stereocenters. The quantitative estimate of drug-likeness (QED) is 0.850. The number of aromatic hydroxyl groups is 1. The summed E-state index contributed by atoms with van der Waals surface area (Å²) in [4.78, 5) is 13.6. The minimum absolute atomic E-state index is 0.0715. The largest absolute Gasteiger partial charge is 0.507 e. The summed E-state index contributed by atoms with van der Waals surface area (Å²) in [6.07, 6.45) is 3.33. The standard InChI is InChI=1S/C15H20FNO2/c1-3-13-5-4-6-17(13)9-11-7-12(16)8-14(10(2)18)15(11)19/h7-8,13,19H,3-6,9H2,1-2H3. The number of phenolic OH excluding ortho intramolecular Hbond substituents is 1. The minimum Gasteiger partial charge on any atom is -0.507 e. The van der Waals surface area contributed by atoms with Crippen molar-refractivity contribution in [2.24, 2.45) is 0 Å². The fourth-order valence-electron chi connectivity index (χ4n) is 2.83. The fraction of sp³-hybridized carbons (Fsp3) is 0.533. The summed E-state index contributed by atoms with van der Waals surface area (Å²) in [5, 5.41) is 10.1. The lowest BCUT2D eigenvalue weighted by atomic mass is 10.0. The van der Waals surface area contributed by atoms with E-state index in [1.165, 1.54) is 13.0 Å². The van der Waals surface area contributed by atoms with E-state index in [9.17, 15) is 14.3 Å². The van der Waals surface area contributed by atoms with Crippen LogP contribution in [-0.4, -0.2) is 28.4 Å². The third-order valence-electron chi connectivity index (χ3n) is 3.88. The molecular weight excluding hydrogens is 245 g/mol. The molecule has 2 rings (SSSR count). The molecule has 3 nitrogen and oxygen atoms in total. The van der Waals surface area contributed by atoms with Crippen molar-refractivity contribution in [2.45, 2.75) is 45.7 Å². The number of phenols is 1. The van der Waals surface area contributed by atoms with Crippen LogP contribution in [0, 0.1) is 5.82 Å². The van der Waals surface area contributed by atoms with E-state index in [4.69, 9.17) is 0 Å². The van der Waals surface area contributed by atoms with E-state index in [1.807, 2.05) is 0 Å². The number of likely N-dealkylation sites (tertiary alicyclic amines) is 1. The Bertz CT molecular complexity index is 487. The Morgan fingerprint density at radius 1 is 1.53 bits per heavy atom. The van der Waals surface area contributed by atoms with Gasteiger partial charge >= 0.3 is 0 Å². The number of carbonyl (C=O) groups is 1. The SMILES string of the molecule is CCC1CCCN1Cc1cc(F)cc(C(C)=O)c1O. The third kappa shape index (κ3) is 2.95. The Hall–Kier alpha value is -1.42. The molecule has 1 fully saturated rings. The van der Waals surface area contributed by atoms with E-state index in [1.54, 1.807) is 0 Å². The zero-order chi connectivity index (χ0) is 14.0. The Labute approximate surface area is 113 Å². The third-order valence-corrected chi connectivity index (χ3v) is 3.88. The number of halogens is 1. The topological polar surface area (TPSA) is 40.5 Å². The van der Waals surface area contributed by atoms with Crippen LogP contribution in [0.3, 0.4) is 0 Å². The lowest BCUT2D eigenvalue weighted by Crippen LogP contribution is -2.28. The minimum atomic E-state index is -0.467. The van der Waals surface area contributed by atoms with E-state index < -0.39 is 5.82 Å². The summed E-state index contributed by atoms with van der Waals surface area (Å²) >= 11 is 0. The highest BCUT2D eigenvalue weighted by molar-refractivity contribution is 5.97. The molecule has 1 aromatic rings. The molecule has 4 heteroatoms. The average Bonchev–Trinajstić information content (AvgIpc) is 2.80. The maximum Gasteiger partial charge on any atom is 0.163 e. The monoisotopic (exact) mass is 265 g/mol. The van der Waals surface area contributed by atoms with Gasteiger partial charge in [-0.05, 0) is 44.9 Å². The second-order valence-corrected chi connectivity index (χ2v) is 5.19. The van der Waals surface area contributed by atoms with Gasteiger partial charge in [0.1, 0.15) is 11.6 Å². The molecule has 0 saturated carbocycles. The first kappa shape index (κ1) is 14.0. The van der Waals surface area contributed by atoms with Gasteiger partial charge in [0.15, 0.2) is 5.78 Å². The molecule has 0 radical (unpaired) electrons. The highest BCUT2D eigenvalue weighted by Gasteiger charge is 2.24. The van der Waals surface area contributed by atoms with Gasteiger partial charge in [0, 0.05) is 18.2 Å². The zero-order valence-corrected chi connectivity index (χ0v) is 11.4. The van der Waals surface area contributed by atoms with Crippen LogP contribution in [0.15, 0.2) is 12.1 Å². The smallest absolute Gasteiger partial charge is 0.163 e. The molecule has 1 atom stereocenters. The lowest BCUT2D eigenvalue weighted by Gasteiger charge is -2.24. The van der Waals surface area contributed by atoms with Crippen LogP contribution in [0.5, 0.6) is 5.75 Å². The first-order valence-electron chi connectivity index (χ1n) is 6.79. The van der Waals surface area contributed by atoms with E-state index in [2.05, 4.69) is 11.8 Å². The summed E-state index contributed by atoms with van der Waals surface area (Å²) in [7, 11) is 0. The van der Waals surface area contributed by atoms with Crippen molar-refractivity contribution in [3.8, 4) is 5.75 Å². The maximum atomic E-state index is 13.5. The summed E-state index contributed by atoms with van der Waals surface area (Å²) in [6.45, 7) is 4.94. The number of nitrogens with zero attached hydrogens (tertiary/aromatic N) is 1. The van der Waals surface area contributed by atoms with Crippen LogP contribution >= 0.6 is 0 Å². The van der Waals surface area contributed by atoms with E-state index in [0.29, 0.717) is 18.2 Å². The first-order chi connectivity index (χ1) is 9.02. The Morgan fingerprint density at radius 2 is 2.26 bits per heavy atom. The molecule has 1 heterocycles. The number of rotatable bonds is 4. The molecule has 1 saturated heterocycles. The molecule has 0 aromatic heterocycles. The molecular formula is C15H20FNO2. The molecule has 104 valence electrons. The van der Waals surface area contributed by atoms with Crippen LogP contribution in [0.4, 0.5) is 4.39 Å². The second-order valence-electron chi connectivity index (χ2n) is 5.19. The van der Waals surface area contributed by atoms with Gasteiger partial charge in [-0.25, -0.2) is 4.39 Å². The second kappa shape index (κ2) is 5.70. The van der Waals surface area contributed by atoms with Gasteiger partial charge in [-0.3, -0.25) is 9.69 Å². The summed E-state index contributed by atoms with van der Waals surface area (Å²) in [5.74, 6) is -0.854. The molecule has 0 amide bonds. The normalized spacial score (nSPS) is 19.8. The number of Topliss-reactive ketones (excluding diaryl/α,β-unsaturated/α-hetero) is 1. The molecule has 1 N–H and O–H groups in total. The highest BCUT2D eigenvalue weighted by atomic mass is 19.1. The molecule has 19 heavy (non-hydrogen) atoms. The Balaban J connectivity index is 2.27. The molecule has 0 bridgehead atoms. The van der Waals surface area contributed by atoms with Crippen LogP contribution in [0.2, 0.25) is 0 Å². The first-order valence-corrected chi connectivity index (χ1v) is 6.79. The number of ketones is 1. The lowest BCUT2D eigenvalue weighted by molar-refractivity contribution is 0.101. The van der Waals surface area contributed by atoms with Crippen molar-refractivity contribution in [3.05, 3.63) is 29.1 Å². The summed E-state index contributed by atoms with van der Waals surface area (Å²) < 4.78 is 13.5. The van der Waals surface area contributed by atoms with Crippen LogP contribution in [0.1, 0.15) is 49.0 Å². The van der Waals surface area contributed by atoms with Crippen molar-refractivity contribution in [1.82, 2.24) is 4.90 Å². The van der Waals surface area contributed by atoms with Crippen molar-refractivity contribution in [2.75, 3.05) is 6.54 Å². The van der Waals surface area contributed by atoms with Gasteiger partial charge in [0.05, 0.1) is 5.56 Å². The number of benzene rings is 1. The van der Waals surface area contributed by atoms with Crippen molar-refractivity contribution in [1.29, 1.82) is 0 Å². The molecule has 1 aromatic carbocycles. The van der Waals surface area contributed by atoms with Crippen molar-refractivity contribution < 1.29 is 14.3 Å². The number of hydrogen-bond acceptors (Lipinski definition) is 3. The highest BCUT2D eigenvalue weighted by Crippen LogP contribution is 2.29. The van der Waals surface area contributed by atoms with E-state index in [-0.39, 0.29) is 17.1 Å². The van der Waals surface area contributed by atoms with E-state index in [0.717, 1.165) is 31.9 Å². The van der Waals surface area contributed by atoms with Gasteiger partial charge in [0.2, 0.25) is 0 Å². The van der Waals surface area contributed by atoms with Gasteiger partial charge in [-0.15, -0.1) is 0 Å². The summed E-state index contributed by atoms with van der Waals surface area (Å²) in [6, 6.07) is 2.92. The van der Waals surface area contributed by atoms with Gasteiger partial charge in [0.25, 0.3) is 0 Å². The van der Waals surface area contributed by atoms with Gasteiger partial charge in [-0.1, -0.05) is 6.92 Å². The summed E-state index contributed by atoms with van der Waals surface area (Å²) in [5.41, 5.74) is 0.577. The molecule has 0 aliphatic carbocycles. The number of hydrogen-bond donors (Lipinski definition) is 1. The zero-order valence-electron chi connectivity index (χ0n) is 11.4. The average molecular weight is 265 g/mol. The van der Waals surface area contributed by atoms with Crippen LogP contribution in [-0.2, 0) is 6.54 Å². The predicted molar refractivity (Wildman–Crippen MR) is 71.8 cm³/mol. The van der Waals surface area contributed by atoms with Crippen molar-refractivity contribution >= 4 is 5.78 Å². The van der Waals surface area contributed by atoms with Crippen LogP contribution < -0.4 is 0 Å². The maximum absolute atomic E-state index is 13.5. The fourth-order valence-corrected chi connectivity index (χ4v) is 2.83. The molecule has 1 aliphatic rings.